The van der Waals surface area contributed by atoms with E-state index in [4.69, 9.17) is 27.9 Å². The highest BCUT2D eigenvalue weighted by Crippen LogP contribution is 2.32. The lowest BCUT2D eigenvalue weighted by molar-refractivity contribution is -0.113. The smallest absolute Gasteiger partial charge is 0.234 e. The van der Waals surface area contributed by atoms with Crippen molar-refractivity contribution in [1.29, 1.82) is 0 Å². The van der Waals surface area contributed by atoms with Gasteiger partial charge in [-0.3, -0.25) is 4.79 Å². The number of halogens is 2. The van der Waals surface area contributed by atoms with Crippen molar-refractivity contribution in [3.8, 4) is 5.75 Å². The van der Waals surface area contributed by atoms with Gasteiger partial charge in [0.25, 0.3) is 0 Å². The first-order chi connectivity index (χ1) is 14.8. The number of nitrogens with zero attached hydrogens (tertiary/aromatic N) is 3. The highest BCUT2D eigenvalue weighted by atomic mass is 35.5. The van der Waals surface area contributed by atoms with E-state index in [1.807, 2.05) is 50.5 Å². The fraction of sp³-hybridized carbons (Fsp3) is 0.318. The molecule has 164 valence electrons. The van der Waals surface area contributed by atoms with Crippen molar-refractivity contribution in [2.24, 2.45) is 0 Å². The largest absolute Gasteiger partial charge is 0.481 e. The highest BCUT2D eigenvalue weighted by molar-refractivity contribution is 7.99. The van der Waals surface area contributed by atoms with Crippen molar-refractivity contribution in [1.82, 2.24) is 14.8 Å². The molecule has 1 heterocycles. The van der Waals surface area contributed by atoms with Gasteiger partial charge in [0.2, 0.25) is 5.91 Å². The second-order valence-electron chi connectivity index (χ2n) is 7.08. The van der Waals surface area contributed by atoms with Gasteiger partial charge < -0.3 is 14.6 Å². The maximum absolute atomic E-state index is 12.5. The van der Waals surface area contributed by atoms with E-state index in [-0.39, 0.29) is 11.7 Å². The number of thioether (sulfide) groups is 1. The first-order valence-electron chi connectivity index (χ1n) is 9.83. The molecule has 31 heavy (non-hydrogen) atoms. The summed E-state index contributed by atoms with van der Waals surface area (Å²) in [5, 5.41) is 13.2. The Kier molecular flexibility index (Phi) is 7.86. The van der Waals surface area contributed by atoms with E-state index in [1.165, 1.54) is 11.8 Å². The number of hydrogen-bond acceptors (Lipinski definition) is 5. The summed E-state index contributed by atoms with van der Waals surface area (Å²) < 4.78 is 7.90. The van der Waals surface area contributed by atoms with Crippen LogP contribution in [-0.4, -0.2) is 26.4 Å². The van der Waals surface area contributed by atoms with Crippen LogP contribution in [0.25, 0.3) is 0 Å². The van der Waals surface area contributed by atoms with Gasteiger partial charge in [0.05, 0.1) is 10.8 Å². The second-order valence-corrected chi connectivity index (χ2v) is 8.86. The van der Waals surface area contributed by atoms with Crippen molar-refractivity contribution in [2.75, 3.05) is 11.1 Å². The third-order valence-corrected chi connectivity index (χ3v) is 6.14. The molecule has 0 fully saturated rings. The third-order valence-electron chi connectivity index (χ3n) is 4.62. The van der Waals surface area contributed by atoms with E-state index < -0.39 is 6.10 Å². The highest BCUT2D eigenvalue weighted by Gasteiger charge is 2.20. The monoisotopic (exact) mass is 478 g/mol. The third kappa shape index (κ3) is 5.93. The maximum atomic E-state index is 12.5. The lowest BCUT2D eigenvalue weighted by Crippen LogP contribution is -2.16. The molecule has 1 aromatic heterocycles. The van der Waals surface area contributed by atoms with Crippen LogP contribution < -0.4 is 10.1 Å². The van der Waals surface area contributed by atoms with Gasteiger partial charge in [-0.2, -0.15) is 0 Å². The first-order valence-corrected chi connectivity index (χ1v) is 11.6. The van der Waals surface area contributed by atoms with E-state index in [9.17, 15) is 4.79 Å². The standard InChI is InChI=1S/C22H24Cl2N4O2S/c1-5-28-21(15(4)30-19-11-16(23)8-9-17(19)24)26-27-22(28)31-12-20(29)25-18-10-13(2)6-7-14(18)3/h6-11,15H,5,12H2,1-4H3,(H,25,29). The van der Waals surface area contributed by atoms with E-state index in [0.29, 0.717) is 33.3 Å². The Balaban J connectivity index is 1.67. The van der Waals surface area contributed by atoms with Crippen LogP contribution in [-0.2, 0) is 11.3 Å². The molecule has 1 amide bonds. The number of hydrogen-bond donors (Lipinski definition) is 1. The Morgan fingerprint density at radius 3 is 2.71 bits per heavy atom. The molecule has 3 rings (SSSR count). The van der Waals surface area contributed by atoms with Gasteiger partial charge in [-0.05, 0) is 57.0 Å². The van der Waals surface area contributed by atoms with Gasteiger partial charge in [-0.15, -0.1) is 10.2 Å². The van der Waals surface area contributed by atoms with Gasteiger partial charge in [0, 0.05) is 23.3 Å². The van der Waals surface area contributed by atoms with E-state index in [0.717, 1.165) is 16.8 Å². The molecule has 0 bridgehead atoms. The average Bonchev–Trinajstić information content (AvgIpc) is 3.15. The zero-order valence-electron chi connectivity index (χ0n) is 17.8. The van der Waals surface area contributed by atoms with Crippen molar-refractivity contribution < 1.29 is 9.53 Å². The summed E-state index contributed by atoms with van der Waals surface area (Å²) in [5.41, 5.74) is 2.94. The lowest BCUT2D eigenvalue weighted by Gasteiger charge is -2.16. The Morgan fingerprint density at radius 1 is 1.19 bits per heavy atom. The molecule has 0 spiro atoms. The van der Waals surface area contributed by atoms with Gasteiger partial charge in [0.15, 0.2) is 17.1 Å². The number of nitrogens with one attached hydrogen (secondary N) is 1. The van der Waals surface area contributed by atoms with Crippen LogP contribution in [0.5, 0.6) is 5.75 Å². The zero-order valence-corrected chi connectivity index (χ0v) is 20.1. The summed E-state index contributed by atoms with van der Waals surface area (Å²) in [5.74, 6) is 1.26. The van der Waals surface area contributed by atoms with Gasteiger partial charge in [0.1, 0.15) is 5.75 Å². The van der Waals surface area contributed by atoms with Crippen LogP contribution >= 0.6 is 35.0 Å². The summed E-state index contributed by atoms with van der Waals surface area (Å²) in [6.07, 6.45) is -0.401. The minimum atomic E-state index is -0.401. The number of amides is 1. The van der Waals surface area contributed by atoms with Crippen LogP contribution in [0.3, 0.4) is 0 Å². The molecular weight excluding hydrogens is 455 g/mol. The lowest BCUT2D eigenvalue weighted by atomic mass is 10.1. The van der Waals surface area contributed by atoms with Crippen molar-refractivity contribution >= 4 is 46.6 Å². The average molecular weight is 479 g/mol. The fourth-order valence-corrected chi connectivity index (χ4v) is 4.14. The van der Waals surface area contributed by atoms with Crippen LogP contribution in [0.2, 0.25) is 10.0 Å². The molecule has 0 aliphatic rings. The fourth-order valence-electron chi connectivity index (χ4n) is 3.00. The Hall–Kier alpha value is -2.22. The minimum Gasteiger partial charge on any atom is -0.481 e. The summed E-state index contributed by atoms with van der Waals surface area (Å²) in [7, 11) is 0. The Morgan fingerprint density at radius 2 is 1.97 bits per heavy atom. The van der Waals surface area contributed by atoms with Crippen LogP contribution in [0.1, 0.15) is 36.9 Å². The zero-order chi connectivity index (χ0) is 22.5. The maximum Gasteiger partial charge on any atom is 0.234 e. The summed E-state index contributed by atoms with van der Waals surface area (Å²) in [6, 6.07) is 11.0. The molecule has 0 aliphatic heterocycles. The summed E-state index contributed by atoms with van der Waals surface area (Å²) >= 11 is 13.6. The number of benzene rings is 2. The van der Waals surface area contributed by atoms with Gasteiger partial charge in [-0.1, -0.05) is 47.1 Å². The number of carbonyl (C=O) groups excluding carboxylic acids is 1. The van der Waals surface area contributed by atoms with Crippen LogP contribution in [0.4, 0.5) is 5.69 Å². The molecule has 9 heteroatoms. The number of aromatic nitrogens is 3. The molecule has 1 N–H and O–H groups in total. The molecule has 1 atom stereocenters. The summed E-state index contributed by atoms with van der Waals surface area (Å²) in [4.78, 5) is 12.5. The number of rotatable bonds is 8. The number of anilines is 1. The normalized spacial score (nSPS) is 11.9. The Labute approximate surface area is 196 Å². The predicted octanol–water partition coefficient (Wildman–Crippen LogP) is 6.09. The van der Waals surface area contributed by atoms with Crippen molar-refractivity contribution in [3.05, 3.63) is 63.4 Å². The Bertz CT molecular complexity index is 1090. The topological polar surface area (TPSA) is 69.0 Å². The summed E-state index contributed by atoms with van der Waals surface area (Å²) in [6.45, 7) is 8.46. The van der Waals surface area contributed by atoms with E-state index >= 15 is 0 Å². The second kappa shape index (κ2) is 10.4. The predicted molar refractivity (Wildman–Crippen MR) is 126 cm³/mol. The molecular formula is C22H24Cl2N4O2S. The molecule has 0 saturated carbocycles. The molecule has 2 aromatic carbocycles. The SMILES string of the molecule is CCn1c(SCC(=O)Nc2cc(C)ccc2C)nnc1C(C)Oc1cc(Cl)ccc1Cl. The quantitative estimate of drug-likeness (QED) is 0.396. The van der Waals surface area contributed by atoms with Gasteiger partial charge >= 0.3 is 0 Å². The van der Waals surface area contributed by atoms with Crippen LogP contribution in [0.15, 0.2) is 41.6 Å². The molecule has 6 nitrogen and oxygen atoms in total. The minimum absolute atomic E-state index is 0.0964. The molecule has 3 aromatic rings. The van der Waals surface area contributed by atoms with Gasteiger partial charge in [-0.25, -0.2) is 0 Å². The number of aryl methyl sites for hydroxylation is 2. The number of ether oxygens (including phenoxy) is 1. The number of carbonyl (C=O) groups is 1. The molecule has 0 saturated heterocycles. The van der Waals surface area contributed by atoms with Crippen LogP contribution in [0, 0.1) is 13.8 Å². The van der Waals surface area contributed by atoms with Crippen molar-refractivity contribution in [2.45, 2.75) is 45.5 Å². The molecule has 1 unspecified atom stereocenters. The molecule has 0 aliphatic carbocycles. The molecule has 0 radical (unpaired) electrons. The van der Waals surface area contributed by atoms with E-state index in [1.54, 1.807) is 18.2 Å². The first kappa shape index (κ1) is 23.4. The van der Waals surface area contributed by atoms with Crippen molar-refractivity contribution in [3.63, 3.8) is 0 Å². The van der Waals surface area contributed by atoms with E-state index in [2.05, 4.69) is 15.5 Å².